The van der Waals surface area contributed by atoms with E-state index in [9.17, 15) is 0 Å². The molecule has 0 aliphatic heterocycles. The molecule has 0 spiro atoms. The Morgan fingerprint density at radius 2 is 2.06 bits per heavy atom. The molecule has 0 amide bonds. The molecular formula is C13H16ClN3. The minimum atomic E-state index is 0.768. The molecule has 0 bridgehead atoms. The van der Waals surface area contributed by atoms with Gasteiger partial charge < -0.3 is 5.32 Å². The summed E-state index contributed by atoms with van der Waals surface area (Å²) in [5, 5.41) is 8.48. The Hall–Kier alpha value is -1.32. The van der Waals surface area contributed by atoms with E-state index in [4.69, 9.17) is 11.6 Å². The second-order valence-electron chi connectivity index (χ2n) is 4.10. The number of nitrogens with one attached hydrogen (secondary N) is 1. The monoisotopic (exact) mass is 249 g/mol. The van der Waals surface area contributed by atoms with Crippen LogP contribution in [-0.4, -0.2) is 9.78 Å². The van der Waals surface area contributed by atoms with E-state index in [2.05, 4.69) is 16.5 Å². The third-order valence-corrected chi connectivity index (χ3v) is 3.05. The lowest BCUT2D eigenvalue weighted by Crippen LogP contribution is -2.15. The van der Waals surface area contributed by atoms with E-state index < -0.39 is 0 Å². The summed E-state index contributed by atoms with van der Waals surface area (Å²) >= 11 is 6.08. The summed E-state index contributed by atoms with van der Waals surface area (Å²) in [5.74, 6) is 0. The van der Waals surface area contributed by atoms with Gasteiger partial charge in [0, 0.05) is 25.2 Å². The fourth-order valence-electron chi connectivity index (χ4n) is 1.80. The van der Waals surface area contributed by atoms with Crippen LogP contribution in [0, 0.1) is 6.92 Å². The van der Waals surface area contributed by atoms with Gasteiger partial charge in [0.2, 0.25) is 0 Å². The largest absolute Gasteiger partial charge is 0.307 e. The maximum atomic E-state index is 6.08. The quantitative estimate of drug-likeness (QED) is 0.903. The molecule has 0 saturated heterocycles. The fraction of sp³-hybridized carbons (Fsp3) is 0.308. The average molecular weight is 250 g/mol. The Morgan fingerprint density at radius 1 is 1.29 bits per heavy atom. The van der Waals surface area contributed by atoms with Crippen LogP contribution < -0.4 is 5.32 Å². The summed E-state index contributed by atoms with van der Waals surface area (Å²) in [5.41, 5.74) is 3.34. The summed E-state index contributed by atoms with van der Waals surface area (Å²) < 4.78 is 1.90. The van der Waals surface area contributed by atoms with Crippen molar-refractivity contribution in [1.29, 1.82) is 0 Å². The van der Waals surface area contributed by atoms with Gasteiger partial charge in [-0.15, -0.1) is 0 Å². The van der Waals surface area contributed by atoms with Gasteiger partial charge in [-0.1, -0.05) is 29.8 Å². The molecule has 90 valence electrons. The van der Waals surface area contributed by atoms with E-state index in [1.54, 1.807) is 0 Å². The van der Waals surface area contributed by atoms with Crippen LogP contribution in [0.4, 0.5) is 0 Å². The third kappa shape index (κ3) is 3.08. The lowest BCUT2D eigenvalue weighted by atomic mass is 10.2. The van der Waals surface area contributed by atoms with Crippen LogP contribution in [0.3, 0.4) is 0 Å². The van der Waals surface area contributed by atoms with Gasteiger partial charge in [0.05, 0.1) is 11.4 Å². The van der Waals surface area contributed by atoms with Crippen LogP contribution in [0.25, 0.3) is 0 Å². The lowest BCUT2D eigenvalue weighted by Gasteiger charge is -2.06. The summed E-state index contributed by atoms with van der Waals surface area (Å²) in [7, 11) is 1.96. The number of aromatic nitrogens is 2. The molecule has 0 aliphatic carbocycles. The first-order valence-electron chi connectivity index (χ1n) is 5.60. The Morgan fingerprint density at radius 3 is 2.71 bits per heavy atom. The standard InChI is InChI=1S/C13H16ClN3/c1-10-7-12(17(2)16-10)9-15-8-11-5-3-4-6-13(11)14/h3-7,15H,8-9H2,1-2H3. The van der Waals surface area contributed by atoms with Crippen molar-refractivity contribution in [3.8, 4) is 0 Å². The highest BCUT2D eigenvalue weighted by molar-refractivity contribution is 6.31. The van der Waals surface area contributed by atoms with Crippen molar-refractivity contribution >= 4 is 11.6 Å². The van der Waals surface area contributed by atoms with Crippen molar-refractivity contribution in [3.05, 3.63) is 52.3 Å². The molecule has 2 rings (SSSR count). The minimum Gasteiger partial charge on any atom is -0.307 e. The van der Waals surface area contributed by atoms with Crippen molar-refractivity contribution in [2.75, 3.05) is 0 Å². The third-order valence-electron chi connectivity index (χ3n) is 2.68. The Kier molecular flexibility index (Phi) is 3.82. The van der Waals surface area contributed by atoms with Gasteiger partial charge in [-0.25, -0.2) is 0 Å². The zero-order valence-corrected chi connectivity index (χ0v) is 10.8. The number of nitrogens with zero attached hydrogens (tertiary/aromatic N) is 2. The molecule has 0 aliphatic rings. The van der Waals surface area contributed by atoms with E-state index in [1.165, 1.54) is 5.69 Å². The van der Waals surface area contributed by atoms with Gasteiger partial charge in [-0.05, 0) is 24.6 Å². The summed E-state index contributed by atoms with van der Waals surface area (Å²) in [6, 6.07) is 9.96. The Balaban J connectivity index is 1.92. The number of aryl methyl sites for hydroxylation is 2. The SMILES string of the molecule is Cc1cc(CNCc2ccccc2Cl)n(C)n1. The summed E-state index contributed by atoms with van der Waals surface area (Å²) in [6.45, 7) is 3.56. The average Bonchev–Trinajstić information content (AvgIpc) is 2.60. The van der Waals surface area contributed by atoms with E-state index in [1.807, 2.05) is 42.9 Å². The summed E-state index contributed by atoms with van der Waals surface area (Å²) in [6.07, 6.45) is 0. The second kappa shape index (κ2) is 5.34. The zero-order chi connectivity index (χ0) is 12.3. The second-order valence-corrected chi connectivity index (χ2v) is 4.50. The number of hydrogen-bond acceptors (Lipinski definition) is 2. The van der Waals surface area contributed by atoms with Crippen molar-refractivity contribution in [1.82, 2.24) is 15.1 Å². The van der Waals surface area contributed by atoms with E-state index >= 15 is 0 Å². The summed E-state index contributed by atoms with van der Waals surface area (Å²) in [4.78, 5) is 0. The maximum absolute atomic E-state index is 6.08. The van der Waals surface area contributed by atoms with Crippen LogP contribution in [-0.2, 0) is 20.1 Å². The molecule has 1 N–H and O–H groups in total. The van der Waals surface area contributed by atoms with Gasteiger partial charge in [0.25, 0.3) is 0 Å². The van der Waals surface area contributed by atoms with Gasteiger partial charge in [0.1, 0.15) is 0 Å². The van der Waals surface area contributed by atoms with E-state index in [-0.39, 0.29) is 0 Å². The molecule has 1 aromatic heterocycles. The fourth-order valence-corrected chi connectivity index (χ4v) is 2.00. The van der Waals surface area contributed by atoms with Crippen LogP contribution in [0.5, 0.6) is 0 Å². The lowest BCUT2D eigenvalue weighted by molar-refractivity contribution is 0.625. The van der Waals surface area contributed by atoms with Crippen molar-refractivity contribution in [2.24, 2.45) is 7.05 Å². The van der Waals surface area contributed by atoms with Gasteiger partial charge in [-0.3, -0.25) is 4.68 Å². The van der Waals surface area contributed by atoms with Gasteiger partial charge >= 0.3 is 0 Å². The Bertz CT molecular complexity index is 505. The highest BCUT2D eigenvalue weighted by Crippen LogP contribution is 2.14. The Labute approximate surface area is 106 Å². The molecule has 2 aromatic rings. The van der Waals surface area contributed by atoms with Crippen LogP contribution in [0.1, 0.15) is 17.0 Å². The zero-order valence-electron chi connectivity index (χ0n) is 10.1. The van der Waals surface area contributed by atoms with Crippen LogP contribution >= 0.6 is 11.6 Å². The molecule has 1 heterocycles. The highest BCUT2D eigenvalue weighted by atomic mass is 35.5. The molecule has 3 nitrogen and oxygen atoms in total. The maximum Gasteiger partial charge on any atom is 0.0597 e. The molecule has 0 saturated carbocycles. The molecule has 0 radical (unpaired) electrons. The van der Waals surface area contributed by atoms with Crippen LogP contribution in [0.2, 0.25) is 5.02 Å². The number of halogens is 1. The predicted molar refractivity (Wildman–Crippen MR) is 69.9 cm³/mol. The first kappa shape index (κ1) is 12.1. The minimum absolute atomic E-state index is 0.768. The van der Waals surface area contributed by atoms with Crippen molar-refractivity contribution in [2.45, 2.75) is 20.0 Å². The molecule has 0 unspecified atom stereocenters. The van der Waals surface area contributed by atoms with E-state index in [0.717, 1.165) is 29.4 Å². The predicted octanol–water partition coefficient (Wildman–Crippen LogP) is 2.67. The number of benzene rings is 1. The van der Waals surface area contributed by atoms with Crippen LogP contribution in [0.15, 0.2) is 30.3 Å². The molecule has 17 heavy (non-hydrogen) atoms. The molecule has 0 atom stereocenters. The smallest absolute Gasteiger partial charge is 0.0597 e. The first-order chi connectivity index (χ1) is 8.16. The highest BCUT2D eigenvalue weighted by Gasteiger charge is 2.02. The molecule has 0 fully saturated rings. The van der Waals surface area contributed by atoms with Gasteiger partial charge in [-0.2, -0.15) is 5.10 Å². The van der Waals surface area contributed by atoms with Gasteiger partial charge in [0.15, 0.2) is 0 Å². The first-order valence-corrected chi connectivity index (χ1v) is 5.98. The number of rotatable bonds is 4. The molecule has 4 heteroatoms. The van der Waals surface area contributed by atoms with Crippen molar-refractivity contribution < 1.29 is 0 Å². The number of hydrogen-bond donors (Lipinski definition) is 1. The van der Waals surface area contributed by atoms with Crippen molar-refractivity contribution in [3.63, 3.8) is 0 Å². The normalized spacial score (nSPS) is 10.8. The van der Waals surface area contributed by atoms with E-state index in [0.29, 0.717) is 0 Å². The topological polar surface area (TPSA) is 29.9 Å². The molecular weight excluding hydrogens is 234 g/mol. The molecule has 1 aromatic carbocycles.